The van der Waals surface area contributed by atoms with Crippen molar-refractivity contribution >= 4 is 23.3 Å². The Morgan fingerprint density at radius 3 is 2.58 bits per heavy atom. The van der Waals surface area contributed by atoms with E-state index in [1.807, 2.05) is 18.2 Å². The van der Waals surface area contributed by atoms with Gasteiger partial charge in [0.2, 0.25) is 0 Å². The van der Waals surface area contributed by atoms with Crippen molar-refractivity contribution in [2.45, 2.75) is 19.3 Å². The fourth-order valence-corrected chi connectivity index (χ4v) is 1.77. The average molecular weight is 280 g/mol. The number of hydrogen-bond donors (Lipinski definition) is 2. The molecule has 0 atom stereocenters. The van der Waals surface area contributed by atoms with Crippen molar-refractivity contribution in [3.63, 3.8) is 0 Å². The molecule has 5 heteroatoms. The normalized spacial score (nSPS) is 9.74. The molecule has 0 saturated heterocycles. The summed E-state index contributed by atoms with van der Waals surface area (Å²) in [7, 11) is 1.39. The maximum absolute atomic E-state index is 10.9. The van der Waals surface area contributed by atoms with Crippen LogP contribution in [-0.2, 0) is 16.0 Å². The Morgan fingerprint density at radius 1 is 1.21 bits per heavy atom. The predicted molar refractivity (Wildman–Crippen MR) is 80.0 cm³/mol. The van der Waals surface area contributed by atoms with E-state index in [4.69, 9.17) is 12.2 Å². The van der Waals surface area contributed by atoms with Crippen LogP contribution in [0, 0.1) is 0 Å². The molecule has 0 radical (unpaired) electrons. The van der Waals surface area contributed by atoms with Gasteiger partial charge < -0.3 is 15.4 Å². The fraction of sp³-hybridized carbons (Fsp3) is 0.429. The van der Waals surface area contributed by atoms with Crippen LogP contribution in [0.25, 0.3) is 0 Å². The van der Waals surface area contributed by atoms with E-state index in [0.29, 0.717) is 24.5 Å². The van der Waals surface area contributed by atoms with Gasteiger partial charge in [-0.15, -0.1) is 0 Å². The van der Waals surface area contributed by atoms with Crippen molar-refractivity contribution in [2.24, 2.45) is 0 Å². The highest BCUT2D eigenvalue weighted by Crippen LogP contribution is 1.98. The van der Waals surface area contributed by atoms with Crippen LogP contribution in [0.3, 0.4) is 0 Å². The van der Waals surface area contributed by atoms with Gasteiger partial charge >= 0.3 is 5.97 Å². The van der Waals surface area contributed by atoms with Crippen LogP contribution < -0.4 is 10.6 Å². The molecule has 19 heavy (non-hydrogen) atoms. The number of methoxy groups -OCH3 is 1. The second kappa shape index (κ2) is 9.33. The Bertz CT molecular complexity index is 396. The zero-order chi connectivity index (χ0) is 13.9. The highest BCUT2D eigenvalue weighted by molar-refractivity contribution is 7.80. The topological polar surface area (TPSA) is 50.4 Å². The Labute approximate surface area is 119 Å². The molecule has 4 nitrogen and oxygen atoms in total. The van der Waals surface area contributed by atoms with Gasteiger partial charge in [0.25, 0.3) is 0 Å². The molecular weight excluding hydrogens is 260 g/mol. The number of hydrogen-bond acceptors (Lipinski definition) is 3. The van der Waals surface area contributed by atoms with Crippen molar-refractivity contribution in [1.82, 2.24) is 10.6 Å². The van der Waals surface area contributed by atoms with E-state index in [1.54, 1.807) is 0 Å². The van der Waals surface area contributed by atoms with Gasteiger partial charge in [0, 0.05) is 19.5 Å². The van der Waals surface area contributed by atoms with Crippen LogP contribution in [-0.4, -0.2) is 31.3 Å². The van der Waals surface area contributed by atoms with Crippen molar-refractivity contribution < 1.29 is 9.53 Å². The molecule has 104 valence electrons. The van der Waals surface area contributed by atoms with Crippen molar-refractivity contribution in [3.8, 4) is 0 Å². The minimum atomic E-state index is -0.190. The molecule has 0 aliphatic rings. The number of carbonyl (C=O) groups excluding carboxylic acids is 1. The average Bonchev–Trinajstić information content (AvgIpc) is 2.44. The Kier molecular flexibility index (Phi) is 7.58. The molecule has 0 aliphatic carbocycles. The van der Waals surface area contributed by atoms with Gasteiger partial charge in [-0.25, -0.2) is 0 Å². The number of benzene rings is 1. The number of ether oxygens (including phenoxy) is 1. The predicted octanol–water partition coefficient (Wildman–Crippen LogP) is 1.65. The smallest absolute Gasteiger partial charge is 0.305 e. The molecule has 0 aromatic heterocycles. The molecule has 0 bridgehead atoms. The zero-order valence-corrected chi connectivity index (χ0v) is 12.0. The molecule has 0 saturated carbocycles. The number of esters is 1. The summed E-state index contributed by atoms with van der Waals surface area (Å²) in [6.07, 6.45) is 2.06. The molecule has 0 unspecified atom stereocenters. The Hall–Kier alpha value is -1.62. The number of nitrogens with one attached hydrogen (secondary N) is 2. The summed E-state index contributed by atoms with van der Waals surface area (Å²) in [5.74, 6) is -0.190. The molecule has 2 N–H and O–H groups in total. The van der Waals surface area contributed by atoms with Gasteiger partial charge in [0.1, 0.15) is 0 Å². The molecule has 0 aliphatic heterocycles. The largest absolute Gasteiger partial charge is 0.469 e. The number of carbonyl (C=O) groups is 1. The van der Waals surface area contributed by atoms with Crippen LogP contribution >= 0.6 is 12.2 Å². The lowest BCUT2D eigenvalue weighted by Crippen LogP contribution is -2.36. The van der Waals surface area contributed by atoms with E-state index >= 15 is 0 Å². The highest BCUT2D eigenvalue weighted by atomic mass is 32.1. The van der Waals surface area contributed by atoms with E-state index in [1.165, 1.54) is 12.7 Å². The molecular formula is C14H20N2O2S. The molecule has 1 aromatic rings. The third-order valence-electron chi connectivity index (χ3n) is 2.61. The fourth-order valence-electron chi connectivity index (χ4n) is 1.56. The van der Waals surface area contributed by atoms with Crippen molar-refractivity contribution in [1.29, 1.82) is 0 Å². The highest BCUT2D eigenvalue weighted by Gasteiger charge is 2.00. The summed E-state index contributed by atoms with van der Waals surface area (Å²) in [4.78, 5) is 10.9. The Balaban J connectivity index is 2.04. The molecule has 1 aromatic carbocycles. The minimum absolute atomic E-state index is 0.190. The standard InChI is InChI=1S/C14H20N2O2S/c1-18-13(17)8-5-10-15-14(19)16-11-9-12-6-3-2-4-7-12/h2-4,6-7H,5,8-11H2,1H3,(H2,15,16,19). The Morgan fingerprint density at radius 2 is 1.89 bits per heavy atom. The first-order valence-corrected chi connectivity index (χ1v) is 6.75. The van der Waals surface area contributed by atoms with Crippen LogP contribution in [0.15, 0.2) is 30.3 Å². The molecule has 0 heterocycles. The third-order valence-corrected chi connectivity index (χ3v) is 2.90. The maximum Gasteiger partial charge on any atom is 0.305 e. The van der Waals surface area contributed by atoms with E-state index in [9.17, 15) is 4.79 Å². The summed E-state index contributed by atoms with van der Waals surface area (Å²) < 4.78 is 4.56. The van der Waals surface area contributed by atoms with Gasteiger partial charge in [0.15, 0.2) is 5.11 Å². The molecule has 1 rings (SSSR count). The van der Waals surface area contributed by atoms with E-state index in [2.05, 4.69) is 27.5 Å². The summed E-state index contributed by atoms with van der Waals surface area (Å²) in [5, 5.41) is 6.82. The van der Waals surface area contributed by atoms with Crippen LogP contribution in [0.2, 0.25) is 0 Å². The molecule has 0 fully saturated rings. The van der Waals surface area contributed by atoms with E-state index in [0.717, 1.165) is 13.0 Å². The van der Waals surface area contributed by atoms with Crippen molar-refractivity contribution in [2.75, 3.05) is 20.2 Å². The van der Waals surface area contributed by atoms with Gasteiger partial charge in [-0.2, -0.15) is 0 Å². The summed E-state index contributed by atoms with van der Waals surface area (Å²) in [5.41, 5.74) is 1.28. The summed E-state index contributed by atoms with van der Waals surface area (Å²) in [6, 6.07) is 10.2. The summed E-state index contributed by atoms with van der Waals surface area (Å²) in [6.45, 7) is 1.47. The SMILES string of the molecule is COC(=O)CCCNC(=S)NCCc1ccccc1. The van der Waals surface area contributed by atoms with Gasteiger partial charge in [-0.05, 0) is 30.6 Å². The first-order valence-electron chi connectivity index (χ1n) is 6.35. The zero-order valence-electron chi connectivity index (χ0n) is 11.1. The number of rotatable bonds is 7. The minimum Gasteiger partial charge on any atom is -0.469 e. The van der Waals surface area contributed by atoms with Crippen LogP contribution in [0.5, 0.6) is 0 Å². The lowest BCUT2D eigenvalue weighted by molar-refractivity contribution is -0.140. The first-order chi connectivity index (χ1) is 9.22. The monoisotopic (exact) mass is 280 g/mol. The van der Waals surface area contributed by atoms with E-state index in [-0.39, 0.29) is 5.97 Å². The van der Waals surface area contributed by atoms with Gasteiger partial charge in [0.05, 0.1) is 7.11 Å². The third kappa shape index (κ3) is 7.41. The lowest BCUT2D eigenvalue weighted by Gasteiger charge is -2.10. The molecule has 0 amide bonds. The number of thiocarbonyl (C=S) groups is 1. The second-order valence-electron chi connectivity index (χ2n) is 4.10. The maximum atomic E-state index is 10.9. The van der Waals surface area contributed by atoms with E-state index < -0.39 is 0 Å². The van der Waals surface area contributed by atoms with Gasteiger partial charge in [-0.1, -0.05) is 30.3 Å². The van der Waals surface area contributed by atoms with Gasteiger partial charge in [-0.3, -0.25) is 4.79 Å². The first kappa shape index (κ1) is 15.4. The quantitative estimate of drug-likeness (QED) is 0.452. The van der Waals surface area contributed by atoms with Crippen molar-refractivity contribution in [3.05, 3.63) is 35.9 Å². The lowest BCUT2D eigenvalue weighted by atomic mass is 10.1. The van der Waals surface area contributed by atoms with Crippen LogP contribution in [0.1, 0.15) is 18.4 Å². The summed E-state index contributed by atoms with van der Waals surface area (Å²) >= 11 is 5.14. The van der Waals surface area contributed by atoms with Crippen LogP contribution in [0.4, 0.5) is 0 Å². The second-order valence-corrected chi connectivity index (χ2v) is 4.51. The molecule has 0 spiro atoms.